The number of nitrogens with zero attached hydrogens (tertiary/aromatic N) is 1. The third-order valence-electron chi connectivity index (χ3n) is 4.31. The fourth-order valence-electron chi connectivity index (χ4n) is 2.91. The highest BCUT2D eigenvalue weighted by atomic mass is 35.5. The Morgan fingerprint density at radius 1 is 0.821 bits per heavy atom. The van der Waals surface area contributed by atoms with Crippen LogP contribution < -0.4 is 0 Å². The van der Waals surface area contributed by atoms with Gasteiger partial charge in [-0.3, -0.25) is 4.79 Å². The number of phenols is 2. The maximum absolute atomic E-state index is 13.4. The van der Waals surface area contributed by atoms with E-state index in [-0.39, 0.29) is 28.6 Å². The molecule has 6 heteroatoms. The van der Waals surface area contributed by atoms with Crippen molar-refractivity contribution in [3.8, 4) is 34.1 Å². The summed E-state index contributed by atoms with van der Waals surface area (Å²) in [7, 11) is 0. The van der Waals surface area contributed by atoms with Crippen LogP contribution in [0.3, 0.4) is 0 Å². The Labute approximate surface area is 165 Å². The number of halogens is 1. The Balaban J connectivity index is 1.93. The monoisotopic (exact) mass is 391 g/mol. The molecule has 0 aliphatic carbocycles. The van der Waals surface area contributed by atoms with E-state index in [0.717, 1.165) is 0 Å². The molecule has 0 atom stereocenters. The van der Waals surface area contributed by atoms with Crippen molar-refractivity contribution < 1.29 is 19.5 Å². The summed E-state index contributed by atoms with van der Waals surface area (Å²) < 4.78 is 5.53. The van der Waals surface area contributed by atoms with Crippen LogP contribution in [0.25, 0.3) is 22.6 Å². The average Bonchev–Trinajstić information content (AvgIpc) is 3.14. The van der Waals surface area contributed by atoms with Crippen LogP contribution in [0, 0.1) is 0 Å². The number of carbonyl (C=O) groups is 1. The SMILES string of the molecule is O=C(c1ccccc1Cl)c1c(-c2ccc(O)cc2)noc1-c1ccc(O)cc1. The molecule has 4 aromatic rings. The molecule has 28 heavy (non-hydrogen) atoms. The highest BCUT2D eigenvalue weighted by molar-refractivity contribution is 6.35. The third-order valence-corrected chi connectivity index (χ3v) is 4.64. The molecule has 0 aliphatic heterocycles. The maximum Gasteiger partial charge on any atom is 0.200 e. The largest absolute Gasteiger partial charge is 0.508 e. The van der Waals surface area contributed by atoms with Crippen molar-refractivity contribution in [3.05, 3.63) is 88.9 Å². The lowest BCUT2D eigenvalue weighted by atomic mass is 9.95. The number of benzene rings is 3. The smallest absolute Gasteiger partial charge is 0.200 e. The first-order valence-electron chi connectivity index (χ1n) is 8.42. The molecule has 3 aromatic carbocycles. The first kappa shape index (κ1) is 17.8. The van der Waals surface area contributed by atoms with Gasteiger partial charge in [-0.2, -0.15) is 0 Å². The number of carbonyl (C=O) groups excluding carboxylic acids is 1. The van der Waals surface area contributed by atoms with E-state index < -0.39 is 0 Å². The number of aromatic nitrogens is 1. The molecule has 1 heterocycles. The third kappa shape index (κ3) is 3.23. The van der Waals surface area contributed by atoms with E-state index in [4.69, 9.17) is 16.1 Å². The van der Waals surface area contributed by atoms with Gasteiger partial charge in [0.05, 0.1) is 10.6 Å². The number of hydrogen-bond donors (Lipinski definition) is 2. The second-order valence-corrected chi connectivity index (χ2v) is 6.55. The van der Waals surface area contributed by atoms with Gasteiger partial charge in [-0.25, -0.2) is 0 Å². The second kappa shape index (κ2) is 7.21. The van der Waals surface area contributed by atoms with Crippen molar-refractivity contribution in [2.75, 3.05) is 0 Å². The predicted molar refractivity (Wildman–Crippen MR) is 106 cm³/mol. The summed E-state index contributed by atoms with van der Waals surface area (Å²) in [5.41, 5.74) is 2.12. The van der Waals surface area contributed by atoms with Gasteiger partial charge in [0.2, 0.25) is 5.78 Å². The van der Waals surface area contributed by atoms with Gasteiger partial charge < -0.3 is 14.7 Å². The molecule has 0 bridgehead atoms. The maximum atomic E-state index is 13.4. The highest BCUT2D eigenvalue weighted by Crippen LogP contribution is 2.36. The lowest BCUT2D eigenvalue weighted by molar-refractivity contribution is 0.103. The number of aromatic hydroxyl groups is 2. The highest BCUT2D eigenvalue weighted by Gasteiger charge is 2.27. The van der Waals surface area contributed by atoms with Crippen molar-refractivity contribution in [2.45, 2.75) is 0 Å². The van der Waals surface area contributed by atoms with Gasteiger partial charge in [0.25, 0.3) is 0 Å². The molecule has 0 amide bonds. The van der Waals surface area contributed by atoms with Crippen LogP contribution in [0.15, 0.2) is 77.3 Å². The minimum Gasteiger partial charge on any atom is -0.508 e. The zero-order chi connectivity index (χ0) is 19.7. The average molecular weight is 392 g/mol. The molecule has 4 rings (SSSR count). The van der Waals surface area contributed by atoms with Crippen molar-refractivity contribution in [3.63, 3.8) is 0 Å². The second-order valence-electron chi connectivity index (χ2n) is 6.14. The zero-order valence-electron chi connectivity index (χ0n) is 14.5. The summed E-state index contributed by atoms with van der Waals surface area (Å²) in [6.45, 7) is 0. The van der Waals surface area contributed by atoms with Gasteiger partial charge >= 0.3 is 0 Å². The molecule has 0 saturated heterocycles. The summed E-state index contributed by atoms with van der Waals surface area (Å²) in [6.07, 6.45) is 0. The molecular formula is C22H14ClNO4. The molecule has 0 aliphatic rings. The van der Waals surface area contributed by atoms with E-state index in [1.54, 1.807) is 48.5 Å². The number of phenolic OH excluding ortho intramolecular Hbond substituents is 2. The van der Waals surface area contributed by atoms with E-state index >= 15 is 0 Å². The normalized spacial score (nSPS) is 10.8. The summed E-state index contributed by atoms with van der Waals surface area (Å²) in [6, 6.07) is 19.4. The molecule has 0 radical (unpaired) electrons. The molecule has 138 valence electrons. The minimum absolute atomic E-state index is 0.0982. The molecule has 5 nitrogen and oxygen atoms in total. The van der Waals surface area contributed by atoms with Crippen LogP contribution in [0.5, 0.6) is 11.5 Å². The fraction of sp³-hybridized carbons (Fsp3) is 0. The van der Waals surface area contributed by atoms with Crippen LogP contribution in [-0.4, -0.2) is 21.2 Å². The fourth-order valence-corrected chi connectivity index (χ4v) is 3.13. The van der Waals surface area contributed by atoms with Gasteiger partial charge in [0.1, 0.15) is 17.2 Å². The van der Waals surface area contributed by atoms with Gasteiger partial charge in [0.15, 0.2) is 5.76 Å². The van der Waals surface area contributed by atoms with Crippen LogP contribution >= 0.6 is 11.6 Å². The van der Waals surface area contributed by atoms with Crippen LogP contribution in [-0.2, 0) is 0 Å². The topological polar surface area (TPSA) is 83.6 Å². The number of ketones is 1. The Hall–Kier alpha value is -3.57. The zero-order valence-corrected chi connectivity index (χ0v) is 15.2. The Morgan fingerprint density at radius 3 is 2.00 bits per heavy atom. The van der Waals surface area contributed by atoms with Crippen LogP contribution in [0.4, 0.5) is 0 Å². The molecule has 0 fully saturated rings. The first-order valence-corrected chi connectivity index (χ1v) is 8.80. The van der Waals surface area contributed by atoms with Crippen molar-refractivity contribution in [2.24, 2.45) is 0 Å². The van der Waals surface area contributed by atoms with E-state index in [9.17, 15) is 15.0 Å². The Bertz CT molecular complexity index is 1090. The van der Waals surface area contributed by atoms with Gasteiger partial charge in [-0.05, 0) is 60.7 Å². The number of rotatable bonds is 4. The van der Waals surface area contributed by atoms with Gasteiger partial charge in [0, 0.05) is 16.7 Å². The van der Waals surface area contributed by atoms with Crippen molar-refractivity contribution in [1.82, 2.24) is 5.16 Å². The molecular weight excluding hydrogens is 378 g/mol. The summed E-state index contributed by atoms with van der Waals surface area (Å²) in [4.78, 5) is 13.4. The van der Waals surface area contributed by atoms with Crippen LogP contribution in [0.1, 0.15) is 15.9 Å². The predicted octanol–water partition coefficient (Wildman–Crippen LogP) is 5.30. The Morgan fingerprint density at radius 2 is 1.39 bits per heavy atom. The minimum atomic E-state index is -0.335. The Kier molecular flexibility index (Phi) is 4.59. The first-order chi connectivity index (χ1) is 13.5. The number of hydrogen-bond acceptors (Lipinski definition) is 5. The van der Waals surface area contributed by atoms with E-state index in [2.05, 4.69) is 5.16 Å². The lowest BCUT2D eigenvalue weighted by Crippen LogP contribution is -2.04. The van der Waals surface area contributed by atoms with Gasteiger partial charge in [-0.1, -0.05) is 28.9 Å². The molecule has 0 unspecified atom stereocenters. The molecule has 0 saturated carbocycles. The quantitative estimate of drug-likeness (QED) is 0.461. The standard InChI is InChI=1S/C22H14ClNO4/c23-18-4-2-1-3-17(18)21(27)19-20(13-5-9-15(25)10-6-13)24-28-22(19)14-7-11-16(26)12-8-14/h1-12,25-26H. The summed E-state index contributed by atoms with van der Waals surface area (Å²) >= 11 is 6.24. The van der Waals surface area contributed by atoms with Crippen molar-refractivity contribution in [1.29, 1.82) is 0 Å². The van der Waals surface area contributed by atoms with E-state index in [1.807, 2.05) is 0 Å². The molecule has 0 spiro atoms. The van der Waals surface area contributed by atoms with E-state index in [1.165, 1.54) is 24.3 Å². The summed E-state index contributed by atoms with van der Waals surface area (Å²) in [5.74, 6) is 0.136. The lowest BCUT2D eigenvalue weighted by Gasteiger charge is -2.06. The summed E-state index contributed by atoms with van der Waals surface area (Å²) in [5, 5.41) is 23.5. The molecule has 2 N–H and O–H groups in total. The van der Waals surface area contributed by atoms with Gasteiger partial charge in [-0.15, -0.1) is 0 Å². The van der Waals surface area contributed by atoms with Crippen LogP contribution in [0.2, 0.25) is 5.02 Å². The van der Waals surface area contributed by atoms with E-state index in [0.29, 0.717) is 27.4 Å². The molecule has 1 aromatic heterocycles. The van der Waals surface area contributed by atoms with Crippen molar-refractivity contribution >= 4 is 17.4 Å².